The highest BCUT2D eigenvalue weighted by Crippen LogP contribution is 2.26. The molecular weight excluding hydrogens is 384 g/mol. The molecule has 0 atom stereocenters. The number of methoxy groups -OCH3 is 1. The van der Waals surface area contributed by atoms with Crippen molar-refractivity contribution in [2.45, 2.75) is 13.0 Å². The van der Waals surface area contributed by atoms with Crippen LogP contribution in [0.4, 0.5) is 0 Å². The van der Waals surface area contributed by atoms with Crippen molar-refractivity contribution in [3.05, 3.63) is 28.2 Å². The fraction of sp³-hybridized carbons (Fsp3) is 0.600. The van der Waals surface area contributed by atoms with Crippen molar-refractivity contribution < 1.29 is 4.74 Å². The van der Waals surface area contributed by atoms with Gasteiger partial charge in [-0.25, -0.2) is 0 Å². The van der Waals surface area contributed by atoms with Crippen molar-refractivity contribution in [1.82, 2.24) is 9.80 Å². The molecule has 112 valence electrons. The van der Waals surface area contributed by atoms with Crippen molar-refractivity contribution in [3.63, 3.8) is 0 Å². The van der Waals surface area contributed by atoms with Gasteiger partial charge in [0.05, 0.1) is 11.6 Å². The number of hydrogen-bond acceptors (Lipinski definition) is 3. The smallest absolute Gasteiger partial charge is 0.133 e. The zero-order valence-corrected chi connectivity index (χ0v) is 15.1. The van der Waals surface area contributed by atoms with E-state index in [4.69, 9.17) is 4.74 Å². The van der Waals surface area contributed by atoms with Crippen LogP contribution in [0.15, 0.2) is 22.7 Å². The third-order valence-corrected chi connectivity index (χ3v) is 4.68. The molecule has 5 heteroatoms. The molecule has 0 N–H and O–H groups in total. The van der Waals surface area contributed by atoms with E-state index in [1.165, 1.54) is 31.6 Å². The summed E-state index contributed by atoms with van der Waals surface area (Å²) in [4.78, 5) is 5.08. The van der Waals surface area contributed by atoms with E-state index in [1.54, 1.807) is 7.11 Å². The van der Waals surface area contributed by atoms with Gasteiger partial charge in [-0.2, -0.15) is 0 Å². The zero-order chi connectivity index (χ0) is 14.4. The maximum atomic E-state index is 5.28. The molecule has 0 bridgehead atoms. The molecule has 0 aliphatic carbocycles. The van der Waals surface area contributed by atoms with Crippen molar-refractivity contribution in [1.29, 1.82) is 0 Å². The van der Waals surface area contributed by atoms with Crippen LogP contribution in [0.25, 0.3) is 0 Å². The molecule has 1 aliphatic rings. The number of benzene rings is 1. The quantitative estimate of drug-likeness (QED) is 0.698. The van der Waals surface area contributed by atoms with E-state index in [0.29, 0.717) is 0 Å². The van der Waals surface area contributed by atoms with Gasteiger partial charge in [-0.05, 0) is 53.1 Å². The van der Waals surface area contributed by atoms with Crippen molar-refractivity contribution in [2.24, 2.45) is 0 Å². The van der Waals surface area contributed by atoms with E-state index < -0.39 is 0 Å². The molecule has 0 radical (unpaired) electrons. The summed E-state index contributed by atoms with van der Waals surface area (Å²) in [5, 5.41) is 1.07. The molecule has 3 nitrogen and oxygen atoms in total. The predicted octanol–water partition coefficient (Wildman–Crippen LogP) is 3.36. The summed E-state index contributed by atoms with van der Waals surface area (Å²) in [6.45, 7) is 6.89. The van der Waals surface area contributed by atoms with E-state index in [0.717, 1.165) is 35.2 Å². The molecule has 1 aliphatic heterocycles. The Balaban J connectivity index is 1.91. The van der Waals surface area contributed by atoms with Crippen LogP contribution in [0.2, 0.25) is 0 Å². The Morgan fingerprint density at radius 2 is 1.90 bits per heavy atom. The van der Waals surface area contributed by atoms with Crippen LogP contribution in [0.5, 0.6) is 5.75 Å². The Labute approximate surface area is 138 Å². The second-order valence-electron chi connectivity index (χ2n) is 5.13. The summed E-state index contributed by atoms with van der Waals surface area (Å²) in [5.74, 6) is 0.896. The highest BCUT2D eigenvalue weighted by atomic mass is 79.9. The number of rotatable bonds is 5. The number of hydrogen-bond donors (Lipinski definition) is 0. The lowest BCUT2D eigenvalue weighted by atomic mass is 10.2. The van der Waals surface area contributed by atoms with Crippen LogP contribution in [0, 0.1) is 0 Å². The normalized spacial score (nSPS) is 17.9. The average Bonchev–Trinajstić information content (AvgIpc) is 2.65. The third kappa shape index (κ3) is 4.72. The maximum absolute atomic E-state index is 5.28. The third-order valence-electron chi connectivity index (χ3n) is 3.70. The first-order valence-corrected chi connectivity index (χ1v) is 8.97. The van der Waals surface area contributed by atoms with Crippen molar-refractivity contribution >= 4 is 31.9 Å². The average molecular weight is 406 g/mol. The second-order valence-corrected chi connectivity index (χ2v) is 6.78. The topological polar surface area (TPSA) is 15.7 Å². The van der Waals surface area contributed by atoms with Crippen LogP contribution in [0.1, 0.15) is 12.0 Å². The first-order chi connectivity index (χ1) is 9.72. The Hall–Kier alpha value is -0.100. The van der Waals surface area contributed by atoms with Crippen LogP contribution < -0.4 is 4.74 Å². The minimum absolute atomic E-state index is 0.896. The molecule has 0 spiro atoms. The molecule has 0 saturated carbocycles. The SMILES string of the molecule is COc1ccc(CN2CCCN(CCBr)CC2)cc1Br. The standard InChI is InChI=1S/C15H22Br2N2O/c1-20-15-4-3-13(11-14(15)17)12-19-7-2-6-18(8-5-16)9-10-19/h3-4,11H,2,5-10,12H2,1H3. The molecule has 20 heavy (non-hydrogen) atoms. The lowest BCUT2D eigenvalue weighted by Crippen LogP contribution is -2.31. The lowest BCUT2D eigenvalue weighted by molar-refractivity contribution is 0.258. The Morgan fingerprint density at radius 1 is 1.15 bits per heavy atom. The number of ether oxygens (including phenoxy) is 1. The van der Waals surface area contributed by atoms with Gasteiger partial charge in [0.15, 0.2) is 0 Å². The minimum atomic E-state index is 0.896. The summed E-state index contributed by atoms with van der Waals surface area (Å²) < 4.78 is 6.31. The van der Waals surface area contributed by atoms with Gasteiger partial charge in [0.25, 0.3) is 0 Å². The fourth-order valence-corrected chi connectivity index (χ4v) is 3.68. The molecule has 0 amide bonds. The Kier molecular flexibility index (Phi) is 6.81. The molecule has 1 heterocycles. The largest absolute Gasteiger partial charge is 0.496 e. The van der Waals surface area contributed by atoms with Crippen molar-refractivity contribution in [2.75, 3.05) is 45.2 Å². The van der Waals surface area contributed by atoms with Gasteiger partial charge in [-0.3, -0.25) is 4.90 Å². The first kappa shape index (κ1) is 16.3. The molecule has 1 aromatic rings. The first-order valence-electron chi connectivity index (χ1n) is 7.06. The Bertz CT molecular complexity index is 428. The van der Waals surface area contributed by atoms with Gasteiger partial charge >= 0.3 is 0 Å². The monoisotopic (exact) mass is 404 g/mol. The van der Waals surface area contributed by atoms with E-state index in [9.17, 15) is 0 Å². The van der Waals surface area contributed by atoms with Crippen LogP contribution >= 0.6 is 31.9 Å². The lowest BCUT2D eigenvalue weighted by Gasteiger charge is -2.21. The van der Waals surface area contributed by atoms with Gasteiger partial charge in [0.2, 0.25) is 0 Å². The van der Waals surface area contributed by atoms with Gasteiger partial charge < -0.3 is 9.64 Å². The highest BCUT2D eigenvalue weighted by Gasteiger charge is 2.14. The molecule has 0 aromatic heterocycles. The van der Waals surface area contributed by atoms with E-state index >= 15 is 0 Å². The summed E-state index contributed by atoms with van der Waals surface area (Å²) in [6.07, 6.45) is 1.25. The summed E-state index contributed by atoms with van der Waals surface area (Å²) in [6, 6.07) is 6.36. The van der Waals surface area contributed by atoms with E-state index in [-0.39, 0.29) is 0 Å². The summed E-state index contributed by atoms with van der Waals surface area (Å²) in [7, 11) is 1.70. The fourth-order valence-electron chi connectivity index (χ4n) is 2.59. The minimum Gasteiger partial charge on any atom is -0.496 e. The van der Waals surface area contributed by atoms with E-state index in [2.05, 4.69) is 53.8 Å². The number of halogens is 2. The number of nitrogens with zero attached hydrogens (tertiary/aromatic N) is 2. The Morgan fingerprint density at radius 3 is 2.60 bits per heavy atom. The van der Waals surface area contributed by atoms with Crippen LogP contribution in [-0.4, -0.2) is 55.0 Å². The van der Waals surface area contributed by atoms with Gasteiger partial charge in [-0.1, -0.05) is 22.0 Å². The maximum Gasteiger partial charge on any atom is 0.133 e. The molecular formula is C15H22Br2N2O. The highest BCUT2D eigenvalue weighted by molar-refractivity contribution is 9.10. The summed E-state index contributed by atoms with van der Waals surface area (Å²) >= 11 is 7.09. The van der Waals surface area contributed by atoms with Gasteiger partial charge in [-0.15, -0.1) is 0 Å². The summed E-state index contributed by atoms with van der Waals surface area (Å²) in [5.41, 5.74) is 1.34. The molecule has 1 saturated heterocycles. The van der Waals surface area contributed by atoms with Crippen molar-refractivity contribution in [3.8, 4) is 5.75 Å². The molecule has 1 aromatic carbocycles. The molecule has 2 rings (SSSR count). The number of alkyl halides is 1. The van der Waals surface area contributed by atoms with Gasteiger partial charge in [0, 0.05) is 31.5 Å². The van der Waals surface area contributed by atoms with Crippen LogP contribution in [0.3, 0.4) is 0 Å². The predicted molar refractivity (Wildman–Crippen MR) is 90.8 cm³/mol. The van der Waals surface area contributed by atoms with Gasteiger partial charge in [0.1, 0.15) is 5.75 Å². The van der Waals surface area contributed by atoms with Crippen LogP contribution in [-0.2, 0) is 6.54 Å². The zero-order valence-electron chi connectivity index (χ0n) is 11.9. The van der Waals surface area contributed by atoms with E-state index in [1.807, 2.05) is 6.07 Å². The molecule has 1 fully saturated rings. The molecule has 0 unspecified atom stereocenters. The second kappa shape index (κ2) is 8.37.